The standard InChI is InChI=1S/C31H30F4N4O3S/c1-36-26(21-43-2)8-7-25-19-38-24(18-39-25)5-3-4-14-41-27-9-11-30(23(16-27)17-37-12-13-40)42-20-22-6-10-29(32)28(15-22)31(33,34)35/h6,9-11,15-16,18-19,21,36-37,40H,4,12-14,17,20H2,1-2H3/b26-21-. The monoisotopic (exact) mass is 614 g/mol. The Morgan fingerprint density at radius 2 is 1.84 bits per heavy atom. The van der Waals surface area contributed by atoms with E-state index in [9.17, 15) is 17.6 Å². The molecule has 0 unspecified atom stereocenters. The second-order valence-electron chi connectivity index (χ2n) is 8.72. The summed E-state index contributed by atoms with van der Waals surface area (Å²) in [5.41, 5.74) is 1.29. The molecular formula is C31H30F4N4O3S. The van der Waals surface area contributed by atoms with Crippen LogP contribution in [-0.4, -0.2) is 48.1 Å². The van der Waals surface area contributed by atoms with Crippen molar-refractivity contribution < 1.29 is 32.1 Å². The number of aliphatic hydroxyl groups is 1. The predicted molar refractivity (Wildman–Crippen MR) is 158 cm³/mol. The lowest BCUT2D eigenvalue weighted by Gasteiger charge is -2.15. The number of nitrogens with zero attached hydrogens (tertiary/aromatic N) is 2. The maximum atomic E-state index is 13.6. The van der Waals surface area contributed by atoms with Crippen LogP contribution in [0.1, 0.15) is 34.5 Å². The third-order valence-electron chi connectivity index (χ3n) is 5.56. The van der Waals surface area contributed by atoms with Crippen molar-refractivity contribution in [1.82, 2.24) is 20.6 Å². The van der Waals surface area contributed by atoms with Gasteiger partial charge in [0.25, 0.3) is 0 Å². The van der Waals surface area contributed by atoms with E-state index in [-0.39, 0.29) is 25.4 Å². The molecule has 0 aliphatic rings. The van der Waals surface area contributed by atoms with E-state index in [2.05, 4.69) is 44.3 Å². The lowest BCUT2D eigenvalue weighted by molar-refractivity contribution is -0.140. The molecular weight excluding hydrogens is 584 g/mol. The van der Waals surface area contributed by atoms with Gasteiger partial charge in [0.15, 0.2) is 0 Å². The topological polar surface area (TPSA) is 88.5 Å². The highest BCUT2D eigenvalue weighted by atomic mass is 32.2. The second kappa shape index (κ2) is 17.0. The molecule has 0 bridgehead atoms. The van der Waals surface area contributed by atoms with E-state index < -0.39 is 17.6 Å². The number of aromatic nitrogens is 2. The van der Waals surface area contributed by atoms with Crippen molar-refractivity contribution in [3.8, 4) is 35.2 Å². The number of allylic oxidation sites excluding steroid dienone is 1. The molecule has 0 radical (unpaired) electrons. The van der Waals surface area contributed by atoms with Crippen LogP contribution in [0.3, 0.4) is 0 Å². The molecule has 0 atom stereocenters. The van der Waals surface area contributed by atoms with Gasteiger partial charge in [-0.1, -0.05) is 12.0 Å². The number of alkyl halides is 3. The maximum absolute atomic E-state index is 13.6. The smallest absolute Gasteiger partial charge is 0.419 e. The molecule has 7 nitrogen and oxygen atoms in total. The normalized spacial score (nSPS) is 11.2. The Hall–Kier alpha value is -4.23. The zero-order valence-electron chi connectivity index (χ0n) is 23.5. The highest BCUT2D eigenvalue weighted by Gasteiger charge is 2.34. The van der Waals surface area contributed by atoms with E-state index in [0.717, 1.165) is 17.8 Å². The van der Waals surface area contributed by atoms with Gasteiger partial charge in [0.1, 0.15) is 35.3 Å². The molecule has 3 rings (SSSR count). The number of hydrogen-bond acceptors (Lipinski definition) is 8. The average molecular weight is 615 g/mol. The number of aliphatic hydroxyl groups excluding tert-OH is 1. The van der Waals surface area contributed by atoms with E-state index >= 15 is 0 Å². The molecule has 43 heavy (non-hydrogen) atoms. The van der Waals surface area contributed by atoms with Gasteiger partial charge in [0.05, 0.1) is 36.9 Å². The first-order valence-corrected chi connectivity index (χ1v) is 14.3. The van der Waals surface area contributed by atoms with Gasteiger partial charge in [-0.15, -0.1) is 11.8 Å². The summed E-state index contributed by atoms with van der Waals surface area (Å²) in [6, 6.07) is 7.79. The molecule has 1 aromatic heterocycles. The summed E-state index contributed by atoms with van der Waals surface area (Å²) in [6.07, 6.45) is 0.659. The van der Waals surface area contributed by atoms with E-state index in [1.54, 1.807) is 49.4 Å². The lowest BCUT2D eigenvalue weighted by atomic mass is 10.1. The van der Waals surface area contributed by atoms with Crippen molar-refractivity contribution in [2.75, 3.05) is 33.1 Å². The third-order valence-corrected chi connectivity index (χ3v) is 6.03. The molecule has 1 heterocycles. The van der Waals surface area contributed by atoms with E-state index in [1.165, 1.54) is 6.07 Å². The minimum Gasteiger partial charge on any atom is -0.493 e. The predicted octanol–water partition coefficient (Wildman–Crippen LogP) is 4.89. The zero-order chi connectivity index (χ0) is 31.1. The highest BCUT2D eigenvalue weighted by molar-refractivity contribution is 8.01. The Bertz CT molecular complexity index is 1510. The van der Waals surface area contributed by atoms with Crippen LogP contribution in [-0.2, 0) is 19.3 Å². The van der Waals surface area contributed by atoms with Crippen molar-refractivity contribution in [3.63, 3.8) is 0 Å². The van der Waals surface area contributed by atoms with Crippen LogP contribution in [0.2, 0.25) is 0 Å². The molecule has 0 amide bonds. The Balaban J connectivity index is 1.59. The number of hydrogen-bond donors (Lipinski definition) is 3. The second-order valence-corrected chi connectivity index (χ2v) is 9.43. The number of halogens is 4. The van der Waals surface area contributed by atoms with Crippen LogP contribution in [0.15, 0.2) is 59.9 Å². The lowest BCUT2D eigenvalue weighted by Crippen LogP contribution is -2.18. The van der Waals surface area contributed by atoms with Crippen LogP contribution in [0.4, 0.5) is 17.6 Å². The largest absolute Gasteiger partial charge is 0.493 e. The summed E-state index contributed by atoms with van der Waals surface area (Å²) in [5, 5.41) is 17.0. The molecule has 226 valence electrons. The summed E-state index contributed by atoms with van der Waals surface area (Å²) in [5.74, 6) is 11.4. The highest BCUT2D eigenvalue weighted by Crippen LogP contribution is 2.32. The van der Waals surface area contributed by atoms with Gasteiger partial charge in [0, 0.05) is 37.5 Å². The van der Waals surface area contributed by atoms with Crippen molar-refractivity contribution in [3.05, 3.63) is 93.8 Å². The Labute approximate surface area is 252 Å². The number of ether oxygens (including phenoxy) is 2. The van der Waals surface area contributed by atoms with Gasteiger partial charge in [0.2, 0.25) is 0 Å². The molecule has 3 aromatic rings. The molecule has 0 saturated carbocycles. The minimum atomic E-state index is -4.81. The molecule has 0 aliphatic carbocycles. The van der Waals surface area contributed by atoms with Crippen molar-refractivity contribution in [2.45, 2.75) is 25.7 Å². The van der Waals surface area contributed by atoms with Crippen LogP contribution in [0.25, 0.3) is 0 Å². The molecule has 0 saturated heterocycles. The summed E-state index contributed by atoms with van der Waals surface area (Å²) in [6.45, 7) is 0.656. The quantitative estimate of drug-likeness (QED) is 0.151. The Morgan fingerprint density at radius 1 is 1.07 bits per heavy atom. The maximum Gasteiger partial charge on any atom is 0.419 e. The van der Waals surface area contributed by atoms with Crippen LogP contribution in [0, 0.1) is 29.5 Å². The molecule has 12 heteroatoms. The van der Waals surface area contributed by atoms with Gasteiger partial charge in [-0.2, -0.15) is 13.2 Å². The molecule has 3 N–H and O–H groups in total. The minimum absolute atomic E-state index is 0.0752. The van der Waals surface area contributed by atoms with Gasteiger partial charge in [-0.05, 0) is 59.9 Å². The van der Waals surface area contributed by atoms with E-state index in [0.29, 0.717) is 48.0 Å². The number of nitrogens with one attached hydrogen (secondary N) is 2. The number of rotatable bonds is 12. The van der Waals surface area contributed by atoms with Crippen molar-refractivity contribution in [1.29, 1.82) is 0 Å². The third kappa shape index (κ3) is 11.2. The van der Waals surface area contributed by atoms with Gasteiger partial charge in [-0.25, -0.2) is 14.4 Å². The fourth-order valence-corrected chi connectivity index (χ4v) is 3.91. The van der Waals surface area contributed by atoms with Crippen molar-refractivity contribution in [2.24, 2.45) is 0 Å². The summed E-state index contributed by atoms with van der Waals surface area (Å²) in [7, 11) is 1.79. The summed E-state index contributed by atoms with van der Waals surface area (Å²) < 4.78 is 64.4. The average Bonchev–Trinajstić information content (AvgIpc) is 2.99. The summed E-state index contributed by atoms with van der Waals surface area (Å²) in [4.78, 5) is 8.53. The summed E-state index contributed by atoms with van der Waals surface area (Å²) >= 11 is 1.54. The van der Waals surface area contributed by atoms with Crippen LogP contribution in [0.5, 0.6) is 11.5 Å². The fourth-order valence-electron chi connectivity index (χ4n) is 3.50. The fraction of sp³-hybridized carbons (Fsp3) is 0.290. The van der Waals surface area contributed by atoms with Gasteiger partial charge in [-0.3, -0.25) is 0 Å². The van der Waals surface area contributed by atoms with Gasteiger partial charge >= 0.3 is 6.18 Å². The van der Waals surface area contributed by atoms with Gasteiger partial charge < -0.3 is 25.2 Å². The SMILES string of the molecule is CN/C(C#Cc1cnc(C#CCCOc2ccc(OCc3ccc(F)c(C(F)(F)F)c3)c(CNCCO)c2)cn1)=C\SC. The van der Waals surface area contributed by atoms with Crippen LogP contribution >= 0.6 is 11.8 Å². The van der Waals surface area contributed by atoms with Crippen LogP contribution < -0.4 is 20.1 Å². The molecule has 0 fully saturated rings. The number of benzene rings is 2. The van der Waals surface area contributed by atoms with E-state index in [4.69, 9.17) is 14.6 Å². The molecule has 2 aromatic carbocycles. The first-order valence-electron chi connectivity index (χ1n) is 13.0. The zero-order valence-corrected chi connectivity index (χ0v) is 24.3. The first kappa shape index (κ1) is 33.3. The van der Waals surface area contributed by atoms with E-state index in [1.807, 2.05) is 11.7 Å². The molecule has 0 spiro atoms. The molecule has 0 aliphatic heterocycles. The first-order chi connectivity index (χ1) is 20.7. The number of thioether (sulfide) groups is 1. The van der Waals surface area contributed by atoms with Crippen molar-refractivity contribution >= 4 is 11.8 Å². The Kier molecular flexibility index (Phi) is 13.2. The Morgan fingerprint density at radius 3 is 2.51 bits per heavy atom.